The van der Waals surface area contributed by atoms with Crippen LogP contribution in [0.1, 0.15) is 20.8 Å². The van der Waals surface area contributed by atoms with Crippen molar-refractivity contribution < 1.29 is 9.53 Å². The molecule has 0 unspecified atom stereocenters. The van der Waals surface area contributed by atoms with E-state index >= 15 is 0 Å². The molecular formula is C19H21BrClN3O2. The molecule has 1 amide bonds. The lowest BCUT2D eigenvalue weighted by atomic mass is 10.1. The fourth-order valence-electron chi connectivity index (χ4n) is 2.70. The van der Waals surface area contributed by atoms with Gasteiger partial charge in [0.1, 0.15) is 5.60 Å². The number of nitrogens with one attached hydrogen (secondary N) is 3. The van der Waals surface area contributed by atoms with Crippen LogP contribution in [0.4, 0.5) is 10.5 Å². The van der Waals surface area contributed by atoms with E-state index in [-0.39, 0.29) is 0 Å². The van der Waals surface area contributed by atoms with E-state index < -0.39 is 11.7 Å². The van der Waals surface area contributed by atoms with Gasteiger partial charge in [-0.1, -0.05) is 11.6 Å². The first-order valence-corrected chi connectivity index (χ1v) is 9.51. The van der Waals surface area contributed by atoms with Gasteiger partial charge in [-0.15, -0.1) is 0 Å². The van der Waals surface area contributed by atoms with Gasteiger partial charge in [-0.05, 0) is 67.0 Å². The van der Waals surface area contributed by atoms with Crippen LogP contribution < -0.4 is 10.6 Å². The van der Waals surface area contributed by atoms with Gasteiger partial charge in [-0.2, -0.15) is 0 Å². The van der Waals surface area contributed by atoms with Crippen LogP contribution in [0.15, 0.2) is 34.8 Å². The molecule has 0 saturated carbocycles. The largest absolute Gasteiger partial charge is 0.444 e. The van der Waals surface area contributed by atoms with Gasteiger partial charge < -0.3 is 20.4 Å². The Kier molecular flexibility index (Phi) is 5.34. The molecule has 1 heterocycles. The molecule has 0 radical (unpaired) electrons. The smallest absolute Gasteiger partial charge is 0.407 e. The summed E-state index contributed by atoms with van der Waals surface area (Å²) in [6, 6.07) is 9.91. The molecule has 5 nitrogen and oxygen atoms in total. The van der Waals surface area contributed by atoms with Gasteiger partial charge in [0.05, 0.1) is 5.69 Å². The molecule has 0 fully saturated rings. The summed E-state index contributed by atoms with van der Waals surface area (Å²) in [4.78, 5) is 15.1. The lowest BCUT2D eigenvalue weighted by Gasteiger charge is -2.19. The second-order valence-electron chi connectivity index (χ2n) is 7.05. The minimum Gasteiger partial charge on any atom is -0.444 e. The van der Waals surface area contributed by atoms with Crippen LogP contribution in [0.25, 0.3) is 21.8 Å². The van der Waals surface area contributed by atoms with Gasteiger partial charge in [0.2, 0.25) is 0 Å². The SMILES string of the molecule is CC(C)(C)OC(=O)NCCNc1cc2[nH]c3ccc(Cl)cc3c2cc1Br. The summed E-state index contributed by atoms with van der Waals surface area (Å²) >= 11 is 9.72. The quantitative estimate of drug-likeness (QED) is 0.460. The summed E-state index contributed by atoms with van der Waals surface area (Å²) in [7, 11) is 0. The molecule has 0 bridgehead atoms. The number of anilines is 1. The van der Waals surface area contributed by atoms with Crippen molar-refractivity contribution in [2.45, 2.75) is 26.4 Å². The second-order valence-corrected chi connectivity index (χ2v) is 8.34. The zero-order valence-corrected chi connectivity index (χ0v) is 17.2. The fraction of sp³-hybridized carbons (Fsp3) is 0.316. The highest BCUT2D eigenvalue weighted by atomic mass is 79.9. The molecule has 138 valence electrons. The number of benzene rings is 2. The van der Waals surface area contributed by atoms with Crippen LogP contribution in [-0.2, 0) is 4.74 Å². The molecule has 0 saturated heterocycles. The Hall–Kier alpha value is -1.92. The lowest BCUT2D eigenvalue weighted by molar-refractivity contribution is 0.0530. The molecule has 3 rings (SSSR count). The van der Waals surface area contributed by atoms with Crippen molar-refractivity contribution in [2.24, 2.45) is 0 Å². The van der Waals surface area contributed by atoms with Gasteiger partial charge in [0.15, 0.2) is 0 Å². The summed E-state index contributed by atoms with van der Waals surface area (Å²) in [5.41, 5.74) is 2.51. The standard InChI is InChI=1S/C19H21BrClN3O2/c1-19(2,3)26-18(25)23-7-6-22-17-10-16-13(9-14(17)20)12-8-11(21)4-5-15(12)24-16/h4-5,8-10,22,24H,6-7H2,1-3H3,(H,23,25). The summed E-state index contributed by atoms with van der Waals surface area (Å²) in [6.45, 7) is 6.55. The van der Waals surface area contributed by atoms with Crippen molar-refractivity contribution in [1.82, 2.24) is 10.3 Å². The number of hydrogen-bond acceptors (Lipinski definition) is 3. The minimum absolute atomic E-state index is 0.415. The van der Waals surface area contributed by atoms with E-state index in [1.165, 1.54) is 0 Å². The molecule has 0 aliphatic heterocycles. The monoisotopic (exact) mass is 437 g/mol. The highest BCUT2D eigenvalue weighted by Crippen LogP contribution is 2.34. The number of carbonyl (C=O) groups excluding carboxylic acids is 1. The molecule has 0 aliphatic carbocycles. The van der Waals surface area contributed by atoms with Crippen molar-refractivity contribution in [3.8, 4) is 0 Å². The predicted molar refractivity (Wildman–Crippen MR) is 111 cm³/mol. The van der Waals surface area contributed by atoms with E-state index in [2.05, 4.69) is 37.6 Å². The number of halogens is 2. The van der Waals surface area contributed by atoms with E-state index in [1.807, 2.05) is 45.0 Å². The van der Waals surface area contributed by atoms with Gasteiger partial charge >= 0.3 is 6.09 Å². The summed E-state index contributed by atoms with van der Waals surface area (Å²) in [6.07, 6.45) is -0.415. The zero-order valence-electron chi connectivity index (χ0n) is 14.9. The Morgan fingerprint density at radius 2 is 1.88 bits per heavy atom. The Balaban J connectivity index is 1.68. The lowest BCUT2D eigenvalue weighted by Crippen LogP contribution is -2.35. The third kappa shape index (κ3) is 4.43. The predicted octanol–water partition coefficient (Wildman–Crippen LogP) is 5.67. The number of aromatic amines is 1. The topological polar surface area (TPSA) is 66.2 Å². The molecule has 0 aliphatic rings. The summed E-state index contributed by atoms with van der Waals surface area (Å²) in [5.74, 6) is 0. The number of alkyl carbamates (subject to hydrolysis) is 1. The third-order valence-electron chi connectivity index (χ3n) is 3.76. The van der Waals surface area contributed by atoms with E-state index in [0.717, 1.165) is 32.0 Å². The van der Waals surface area contributed by atoms with Crippen LogP contribution >= 0.6 is 27.5 Å². The normalized spacial score (nSPS) is 11.7. The van der Waals surface area contributed by atoms with Gasteiger partial charge in [-0.3, -0.25) is 0 Å². The van der Waals surface area contributed by atoms with Gasteiger partial charge in [-0.25, -0.2) is 4.79 Å². The zero-order chi connectivity index (χ0) is 18.9. The molecule has 2 aromatic carbocycles. The Morgan fingerprint density at radius 1 is 1.15 bits per heavy atom. The first-order valence-electron chi connectivity index (χ1n) is 8.34. The van der Waals surface area contributed by atoms with Crippen molar-refractivity contribution in [3.05, 3.63) is 39.8 Å². The first-order chi connectivity index (χ1) is 12.2. The summed E-state index contributed by atoms with van der Waals surface area (Å²) < 4.78 is 6.16. The maximum absolute atomic E-state index is 11.7. The Morgan fingerprint density at radius 3 is 2.62 bits per heavy atom. The van der Waals surface area contributed by atoms with E-state index in [4.69, 9.17) is 16.3 Å². The molecule has 7 heteroatoms. The molecule has 0 spiro atoms. The number of aromatic nitrogens is 1. The number of carbonyl (C=O) groups is 1. The van der Waals surface area contributed by atoms with Crippen LogP contribution in [0.5, 0.6) is 0 Å². The second kappa shape index (κ2) is 7.37. The molecule has 26 heavy (non-hydrogen) atoms. The number of ether oxygens (including phenoxy) is 1. The van der Waals surface area contributed by atoms with Crippen molar-refractivity contribution in [1.29, 1.82) is 0 Å². The average molecular weight is 439 g/mol. The molecular weight excluding hydrogens is 418 g/mol. The Bertz CT molecular complexity index is 963. The van der Waals surface area contributed by atoms with Crippen molar-refractivity contribution in [2.75, 3.05) is 18.4 Å². The molecule has 0 atom stereocenters. The number of amides is 1. The van der Waals surface area contributed by atoms with Crippen LogP contribution in [0, 0.1) is 0 Å². The van der Waals surface area contributed by atoms with Crippen LogP contribution in [0.3, 0.4) is 0 Å². The van der Waals surface area contributed by atoms with Crippen LogP contribution in [-0.4, -0.2) is 29.8 Å². The fourth-order valence-corrected chi connectivity index (χ4v) is 3.36. The maximum atomic E-state index is 11.7. The van der Waals surface area contributed by atoms with E-state index in [0.29, 0.717) is 18.1 Å². The van der Waals surface area contributed by atoms with E-state index in [9.17, 15) is 4.79 Å². The van der Waals surface area contributed by atoms with Crippen LogP contribution in [0.2, 0.25) is 5.02 Å². The maximum Gasteiger partial charge on any atom is 0.407 e. The highest BCUT2D eigenvalue weighted by Gasteiger charge is 2.15. The summed E-state index contributed by atoms with van der Waals surface area (Å²) in [5, 5.41) is 8.95. The third-order valence-corrected chi connectivity index (χ3v) is 4.65. The molecule has 3 aromatic rings. The minimum atomic E-state index is -0.496. The Labute approximate surface area is 165 Å². The first kappa shape index (κ1) is 18.9. The van der Waals surface area contributed by atoms with Gasteiger partial charge in [0.25, 0.3) is 0 Å². The molecule has 3 N–H and O–H groups in total. The number of fused-ring (bicyclic) bond motifs is 3. The highest BCUT2D eigenvalue weighted by molar-refractivity contribution is 9.10. The van der Waals surface area contributed by atoms with Crippen molar-refractivity contribution in [3.63, 3.8) is 0 Å². The number of hydrogen-bond donors (Lipinski definition) is 3. The van der Waals surface area contributed by atoms with Gasteiger partial charge in [0, 0.05) is 44.4 Å². The molecule has 1 aromatic heterocycles. The average Bonchev–Trinajstić information content (AvgIpc) is 2.87. The van der Waals surface area contributed by atoms with E-state index in [1.54, 1.807) is 0 Å². The number of rotatable bonds is 4. The van der Waals surface area contributed by atoms with Crippen molar-refractivity contribution >= 4 is 61.1 Å². The number of H-pyrrole nitrogens is 1.